The Morgan fingerprint density at radius 3 is 2.28 bits per heavy atom. The third-order valence-corrected chi connectivity index (χ3v) is 5.80. The van der Waals surface area contributed by atoms with Gasteiger partial charge in [-0.3, -0.25) is 14.5 Å². The van der Waals surface area contributed by atoms with Crippen LogP contribution in [0.5, 0.6) is 11.5 Å². The van der Waals surface area contributed by atoms with Crippen molar-refractivity contribution in [1.82, 2.24) is 0 Å². The summed E-state index contributed by atoms with van der Waals surface area (Å²) in [5.74, 6) is -7.82. The largest absolute Gasteiger partial charge is 0.493 e. The van der Waals surface area contributed by atoms with Crippen molar-refractivity contribution in [1.29, 1.82) is 0 Å². The summed E-state index contributed by atoms with van der Waals surface area (Å²) in [5, 5.41) is 0. The molecule has 2 aromatic rings. The maximum Gasteiger partial charge on any atom is 0.232 e. The van der Waals surface area contributed by atoms with Crippen molar-refractivity contribution in [2.24, 2.45) is 0 Å². The lowest BCUT2D eigenvalue weighted by Crippen LogP contribution is -2.41. The molecule has 0 bridgehead atoms. The summed E-state index contributed by atoms with van der Waals surface area (Å²) in [7, 11) is 2.85. The number of hydrogen-bond donors (Lipinski definition) is 0. The van der Waals surface area contributed by atoms with Crippen LogP contribution in [-0.4, -0.2) is 25.9 Å². The molecule has 0 saturated heterocycles. The van der Waals surface area contributed by atoms with Crippen molar-refractivity contribution >= 4 is 17.4 Å². The van der Waals surface area contributed by atoms with E-state index in [0.717, 1.165) is 0 Å². The minimum Gasteiger partial charge on any atom is -0.493 e. The van der Waals surface area contributed by atoms with Crippen molar-refractivity contribution in [2.75, 3.05) is 19.1 Å². The second kappa shape index (κ2) is 8.29. The first-order valence-electron chi connectivity index (χ1n) is 9.93. The van der Waals surface area contributed by atoms with Gasteiger partial charge in [-0.2, -0.15) is 0 Å². The van der Waals surface area contributed by atoms with E-state index >= 15 is 0 Å². The van der Waals surface area contributed by atoms with Crippen LogP contribution in [0.2, 0.25) is 0 Å². The number of ether oxygens (including phenoxy) is 2. The fourth-order valence-corrected chi connectivity index (χ4v) is 4.46. The van der Waals surface area contributed by atoms with Crippen molar-refractivity contribution in [3.8, 4) is 11.5 Å². The molecule has 2 aromatic carbocycles. The Morgan fingerprint density at radius 2 is 1.66 bits per heavy atom. The highest BCUT2D eigenvalue weighted by molar-refractivity contribution is 6.07. The molecule has 1 amide bonds. The van der Waals surface area contributed by atoms with E-state index in [9.17, 15) is 27.2 Å². The number of nitrogens with zero attached hydrogens (tertiary/aromatic N) is 1. The molecule has 0 aromatic heterocycles. The molecule has 4 rings (SSSR count). The van der Waals surface area contributed by atoms with Gasteiger partial charge in [-0.25, -0.2) is 17.6 Å². The maximum absolute atomic E-state index is 14.6. The third-order valence-electron chi connectivity index (χ3n) is 5.80. The van der Waals surface area contributed by atoms with Gasteiger partial charge in [0, 0.05) is 41.7 Å². The van der Waals surface area contributed by atoms with Crippen LogP contribution in [0.4, 0.5) is 23.2 Å². The number of methoxy groups -OCH3 is 2. The van der Waals surface area contributed by atoms with Gasteiger partial charge >= 0.3 is 0 Å². The quantitative estimate of drug-likeness (QED) is 0.498. The molecule has 1 unspecified atom stereocenters. The van der Waals surface area contributed by atoms with Crippen LogP contribution in [0, 0.1) is 23.3 Å². The topological polar surface area (TPSA) is 55.8 Å². The Labute approximate surface area is 181 Å². The zero-order valence-corrected chi connectivity index (χ0v) is 17.3. The van der Waals surface area contributed by atoms with Crippen molar-refractivity contribution in [2.45, 2.75) is 31.6 Å². The van der Waals surface area contributed by atoms with Gasteiger partial charge in [-0.15, -0.1) is 0 Å². The molecule has 0 radical (unpaired) electrons. The number of halogens is 4. The summed E-state index contributed by atoms with van der Waals surface area (Å²) in [6.45, 7) is 0. The van der Waals surface area contributed by atoms with Gasteiger partial charge in [0.05, 0.1) is 14.2 Å². The van der Waals surface area contributed by atoms with E-state index in [2.05, 4.69) is 0 Å². The Kier molecular flexibility index (Phi) is 5.66. The highest BCUT2D eigenvalue weighted by atomic mass is 19.2. The summed E-state index contributed by atoms with van der Waals surface area (Å²) in [4.78, 5) is 26.7. The van der Waals surface area contributed by atoms with Gasteiger partial charge in [0.2, 0.25) is 5.91 Å². The van der Waals surface area contributed by atoms with E-state index in [1.54, 1.807) is 18.2 Å². The van der Waals surface area contributed by atoms with Crippen LogP contribution in [0.3, 0.4) is 0 Å². The molecule has 9 heteroatoms. The molecule has 168 valence electrons. The Balaban J connectivity index is 1.97. The molecular formula is C23H19F4NO4. The fraction of sp³-hybridized carbons (Fsp3) is 0.304. The monoisotopic (exact) mass is 449 g/mol. The smallest absolute Gasteiger partial charge is 0.232 e. The zero-order valence-electron chi connectivity index (χ0n) is 17.3. The first-order valence-corrected chi connectivity index (χ1v) is 9.93. The minimum absolute atomic E-state index is 0.0372. The first-order chi connectivity index (χ1) is 15.3. The lowest BCUT2D eigenvalue weighted by molar-refractivity contribution is -0.120. The number of anilines is 1. The highest BCUT2D eigenvalue weighted by Crippen LogP contribution is 2.48. The predicted octanol–water partition coefficient (Wildman–Crippen LogP) is 4.79. The van der Waals surface area contributed by atoms with E-state index in [0.29, 0.717) is 28.4 Å². The Morgan fingerprint density at radius 1 is 0.969 bits per heavy atom. The second-order valence-corrected chi connectivity index (χ2v) is 7.52. The van der Waals surface area contributed by atoms with Crippen LogP contribution in [-0.2, 0) is 9.59 Å². The number of rotatable bonds is 4. The fourth-order valence-electron chi connectivity index (χ4n) is 4.46. The summed E-state index contributed by atoms with van der Waals surface area (Å²) < 4.78 is 67.7. The van der Waals surface area contributed by atoms with Crippen LogP contribution < -0.4 is 14.4 Å². The van der Waals surface area contributed by atoms with E-state index < -0.39 is 40.8 Å². The van der Waals surface area contributed by atoms with Crippen LogP contribution >= 0.6 is 0 Å². The molecule has 1 aliphatic heterocycles. The molecule has 2 aliphatic rings. The van der Waals surface area contributed by atoms with Crippen LogP contribution in [0.25, 0.3) is 0 Å². The van der Waals surface area contributed by atoms with E-state index in [1.165, 1.54) is 14.2 Å². The number of carbonyl (C=O) groups is 2. The number of ketones is 1. The summed E-state index contributed by atoms with van der Waals surface area (Å²) in [6, 6.07) is 5.07. The molecule has 0 spiro atoms. The van der Waals surface area contributed by atoms with Crippen LogP contribution in [0.15, 0.2) is 35.5 Å². The SMILES string of the molecule is COc1cccc(C2CC(=O)N(c3c(F)c(F)cc(F)c3F)C3=C2C(=O)CCC3)c1OC. The molecule has 0 saturated carbocycles. The summed E-state index contributed by atoms with van der Waals surface area (Å²) in [5.41, 5.74) is -0.444. The summed E-state index contributed by atoms with van der Waals surface area (Å²) in [6.07, 6.45) is 0.272. The van der Waals surface area contributed by atoms with Crippen molar-refractivity contribution < 1.29 is 36.6 Å². The number of allylic oxidation sites excluding steroid dienone is 2. The number of hydrogen-bond acceptors (Lipinski definition) is 4. The highest BCUT2D eigenvalue weighted by Gasteiger charge is 2.43. The van der Waals surface area contributed by atoms with E-state index in [1.807, 2.05) is 0 Å². The number of Topliss-reactive ketones (excluding diaryl/α,β-unsaturated/α-hetero) is 1. The van der Waals surface area contributed by atoms with E-state index in [-0.39, 0.29) is 42.4 Å². The third kappa shape index (κ3) is 3.32. The van der Waals surface area contributed by atoms with Gasteiger partial charge in [0.25, 0.3) is 0 Å². The number of para-hydroxylation sites is 1. The molecule has 0 fully saturated rings. The standard InChI is InChI=1S/C23H19F4NO4/c1-31-17-8-3-5-11(23(17)32-2)12-9-18(30)28(15-6-4-7-16(29)19(12)15)22-20(26)13(24)10-14(25)21(22)27/h3,5,8,10,12H,4,6-7,9H2,1-2H3. The number of amides is 1. The summed E-state index contributed by atoms with van der Waals surface area (Å²) >= 11 is 0. The van der Waals surface area contributed by atoms with E-state index in [4.69, 9.17) is 9.47 Å². The first kappa shape index (κ1) is 21.9. The molecule has 32 heavy (non-hydrogen) atoms. The number of carbonyl (C=O) groups excluding carboxylic acids is 2. The lowest BCUT2D eigenvalue weighted by Gasteiger charge is -2.38. The van der Waals surface area contributed by atoms with Crippen molar-refractivity contribution in [3.63, 3.8) is 0 Å². The maximum atomic E-state index is 14.6. The molecule has 5 nitrogen and oxygen atoms in total. The normalized spacial score (nSPS) is 18.7. The molecule has 0 N–H and O–H groups in total. The lowest BCUT2D eigenvalue weighted by atomic mass is 9.76. The van der Waals surface area contributed by atoms with Gasteiger partial charge in [0.15, 0.2) is 40.6 Å². The predicted molar refractivity (Wildman–Crippen MR) is 107 cm³/mol. The molecule has 1 aliphatic carbocycles. The van der Waals surface area contributed by atoms with Gasteiger partial charge in [-0.1, -0.05) is 12.1 Å². The molecule has 1 atom stereocenters. The molecule has 1 heterocycles. The van der Waals surface area contributed by atoms with Gasteiger partial charge in [0.1, 0.15) is 5.69 Å². The van der Waals surface area contributed by atoms with Crippen molar-refractivity contribution in [3.05, 3.63) is 64.4 Å². The Bertz CT molecular complexity index is 1130. The van der Waals surface area contributed by atoms with Crippen LogP contribution in [0.1, 0.15) is 37.2 Å². The minimum atomic E-state index is -1.69. The number of benzene rings is 2. The molecular weight excluding hydrogens is 430 g/mol. The van der Waals surface area contributed by atoms with Gasteiger partial charge in [-0.05, 0) is 18.9 Å². The average Bonchev–Trinajstić information content (AvgIpc) is 2.78. The second-order valence-electron chi connectivity index (χ2n) is 7.52. The Hall–Kier alpha value is -3.36. The van der Waals surface area contributed by atoms with Gasteiger partial charge < -0.3 is 9.47 Å². The zero-order chi connectivity index (χ0) is 23.2. The average molecular weight is 449 g/mol.